The molecular weight excluding hydrogens is 412 g/mol. The van der Waals surface area contributed by atoms with E-state index >= 15 is 0 Å². The molecule has 4 heteroatoms. The summed E-state index contributed by atoms with van der Waals surface area (Å²) in [5.41, 5.74) is 2.69. The number of nitrogens with zero attached hydrogens (tertiary/aromatic N) is 2. The zero-order chi connectivity index (χ0) is 18.5. The third-order valence-corrected chi connectivity index (χ3v) is 6.43. The molecule has 0 bridgehead atoms. The minimum Gasteiger partial charge on any atom is -0.508 e. The second-order valence-electron chi connectivity index (χ2n) is 8.16. The maximum absolute atomic E-state index is 9.59. The number of halogens is 1. The molecule has 1 aliphatic carbocycles. The van der Waals surface area contributed by atoms with Crippen LogP contribution in [-0.2, 0) is 6.42 Å². The number of rotatable bonds is 5. The largest absolute Gasteiger partial charge is 0.508 e. The van der Waals surface area contributed by atoms with Gasteiger partial charge in [0.2, 0.25) is 0 Å². The topological polar surface area (TPSA) is 26.7 Å². The van der Waals surface area contributed by atoms with E-state index in [0.29, 0.717) is 11.8 Å². The molecule has 3 nitrogen and oxygen atoms in total. The van der Waals surface area contributed by atoms with E-state index in [-0.39, 0.29) is 17.0 Å². The summed E-state index contributed by atoms with van der Waals surface area (Å²) in [6.45, 7) is 4.69. The molecule has 2 aliphatic rings. The quantitative estimate of drug-likeness (QED) is 0.685. The third-order valence-electron chi connectivity index (χ3n) is 6.43. The van der Waals surface area contributed by atoms with Gasteiger partial charge < -0.3 is 5.11 Å². The summed E-state index contributed by atoms with van der Waals surface area (Å²) in [7, 11) is 0. The standard InChI is InChI=1S/C24H32N2O.BrH/c27-23-13-11-20(12-14-23)19-24(21-7-3-1-4-8-21)26-17-15-25(16-18-26)22-9-5-2-6-10-22;/h1,3-4,7-8,11-14,22,24,27H,2,5-6,9-10,15-19H2;1H. The van der Waals surface area contributed by atoms with Gasteiger partial charge >= 0.3 is 0 Å². The fraction of sp³-hybridized carbons (Fsp3) is 0.500. The maximum atomic E-state index is 9.59. The Balaban J connectivity index is 0.00000225. The number of phenols is 1. The Morgan fingerprint density at radius 3 is 2.11 bits per heavy atom. The lowest BCUT2D eigenvalue weighted by molar-refractivity contribution is 0.0559. The van der Waals surface area contributed by atoms with Gasteiger partial charge in [0.1, 0.15) is 5.75 Å². The molecule has 0 amide bonds. The van der Waals surface area contributed by atoms with Gasteiger partial charge in [-0.15, -0.1) is 17.0 Å². The summed E-state index contributed by atoms with van der Waals surface area (Å²) in [6.07, 6.45) is 8.05. The molecule has 0 spiro atoms. The van der Waals surface area contributed by atoms with Gasteiger partial charge in [0.15, 0.2) is 0 Å². The summed E-state index contributed by atoms with van der Waals surface area (Å²) < 4.78 is 0. The van der Waals surface area contributed by atoms with Gasteiger partial charge in [0.25, 0.3) is 0 Å². The molecule has 152 valence electrons. The Morgan fingerprint density at radius 2 is 1.46 bits per heavy atom. The number of piperazine rings is 1. The zero-order valence-electron chi connectivity index (χ0n) is 16.7. The monoisotopic (exact) mass is 444 g/mol. The van der Waals surface area contributed by atoms with Crippen molar-refractivity contribution in [3.05, 3.63) is 65.7 Å². The Labute approximate surface area is 180 Å². The molecule has 2 fully saturated rings. The lowest BCUT2D eigenvalue weighted by atomic mass is 9.93. The van der Waals surface area contributed by atoms with E-state index in [0.717, 1.165) is 25.6 Å². The fourth-order valence-electron chi connectivity index (χ4n) is 4.85. The number of hydrogen-bond acceptors (Lipinski definition) is 3. The second-order valence-corrected chi connectivity index (χ2v) is 8.16. The molecule has 28 heavy (non-hydrogen) atoms. The lowest BCUT2D eigenvalue weighted by Gasteiger charge is -2.43. The van der Waals surface area contributed by atoms with Crippen LogP contribution in [0, 0.1) is 0 Å². The highest BCUT2D eigenvalue weighted by Gasteiger charge is 2.29. The van der Waals surface area contributed by atoms with Crippen molar-refractivity contribution in [2.24, 2.45) is 0 Å². The SMILES string of the molecule is Br.Oc1ccc(CC(c2ccccc2)N2CCN(C3CCCCC3)CC2)cc1. The van der Waals surface area contributed by atoms with Crippen LogP contribution in [-0.4, -0.2) is 47.1 Å². The Kier molecular flexibility index (Phi) is 7.95. The molecule has 1 heterocycles. The van der Waals surface area contributed by atoms with Crippen molar-refractivity contribution in [3.63, 3.8) is 0 Å². The van der Waals surface area contributed by atoms with E-state index in [1.165, 1.54) is 56.3 Å². The van der Waals surface area contributed by atoms with Crippen LogP contribution < -0.4 is 0 Å². The molecule has 2 aromatic rings. The fourth-order valence-corrected chi connectivity index (χ4v) is 4.85. The molecule has 1 atom stereocenters. The molecule has 0 radical (unpaired) electrons. The number of benzene rings is 2. The van der Waals surface area contributed by atoms with Crippen LogP contribution in [0.3, 0.4) is 0 Å². The van der Waals surface area contributed by atoms with Crippen molar-refractivity contribution < 1.29 is 5.11 Å². The highest BCUT2D eigenvalue weighted by molar-refractivity contribution is 8.93. The van der Waals surface area contributed by atoms with Crippen molar-refractivity contribution in [1.29, 1.82) is 0 Å². The Morgan fingerprint density at radius 1 is 0.821 bits per heavy atom. The van der Waals surface area contributed by atoms with Crippen LogP contribution in [0.1, 0.15) is 49.3 Å². The van der Waals surface area contributed by atoms with Crippen LogP contribution in [0.5, 0.6) is 5.75 Å². The molecule has 0 aromatic heterocycles. The van der Waals surface area contributed by atoms with Gasteiger partial charge in [-0.3, -0.25) is 9.80 Å². The van der Waals surface area contributed by atoms with Gasteiger partial charge in [-0.2, -0.15) is 0 Å². The van der Waals surface area contributed by atoms with Crippen LogP contribution in [0.15, 0.2) is 54.6 Å². The van der Waals surface area contributed by atoms with Gasteiger partial charge in [-0.25, -0.2) is 0 Å². The van der Waals surface area contributed by atoms with E-state index in [1.807, 2.05) is 0 Å². The second kappa shape index (κ2) is 10.4. The summed E-state index contributed by atoms with van der Waals surface area (Å²) in [6, 6.07) is 19.9. The molecule has 1 saturated heterocycles. The van der Waals surface area contributed by atoms with E-state index in [9.17, 15) is 5.11 Å². The van der Waals surface area contributed by atoms with Crippen molar-refractivity contribution in [2.45, 2.75) is 50.6 Å². The summed E-state index contributed by atoms with van der Waals surface area (Å²) in [4.78, 5) is 5.42. The van der Waals surface area contributed by atoms with E-state index in [2.05, 4.69) is 52.3 Å². The molecule has 1 N–H and O–H groups in total. The van der Waals surface area contributed by atoms with Gasteiger partial charge in [-0.1, -0.05) is 61.7 Å². The van der Waals surface area contributed by atoms with E-state index in [1.54, 1.807) is 12.1 Å². The molecule has 1 aliphatic heterocycles. The van der Waals surface area contributed by atoms with Crippen LogP contribution in [0.4, 0.5) is 0 Å². The smallest absolute Gasteiger partial charge is 0.115 e. The first-order valence-electron chi connectivity index (χ1n) is 10.6. The zero-order valence-corrected chi connectivity index (χ0v) is 18.4. The minimum atomic E-state index is 0. The van der Waals surface area contributed by atoms with Crippen LogP contribution in [0.25, 0.3) is 0 Å². The van der Waals surface area contributed by atoms with Crippen LogP contribution in [0.2, 0.25) is 0 Å². The summed E-state index contributed by atoms with van der Waals surface area (Å²) in [5.74, 6) is 0.344. The highest BCUT2D eigenvalue weighted by atomic mass is 79.9. The highest BCUT2D eigenvalue weighted by Crippen LogP contribution is 2.29. The summed E-state index contributed by atoms with van der Waals surface area (Å²) >= 11 is 0. The van der Waals surface area contributed by atoms with Crippen molar-refractivity contribution in [2.75, 3.05) is 26.2 Å². The minimum absolute atomic E-state index is 0. The number of phenolic OH excluding ortho intramolecular Hbond substituents is 1. The van der Waals surface area contributed by atoms with Crippen molar-refractivity contribution in [3.8, 4) is 5.75 Å². The van der Waals surface area contributed by atoms with Crippen LogP contribution >= 0.6 is 17.0 Å². The van der Waals surface area contributed by atoms with Gasteiger partial charge in [0, 0.05) is 38.3 Å². The number of hydrogen-bond donors (Lipinski definition) is 1. The maximum Gasteiger partial charge on any atom is 0.115 e. The van der Waals surface area contributed by atoms with Gasteiger partial charge in [-0.05, 0) is 42.5 Å². The lowest BCUT2D eigenvalue weighted by Crippen LogP contribution is -2.51. The van der Waals surface area contributed by atoms with E-state index < -0.39 is 0 Å². The molecular formula is C24H33BrN2O. The average Bonchev–Trinajstić information content (AvgIpc) is 2.75. The first-order chi connectivity index (χ1) is 13.3. The van der Waals surface area contributed by atoms with Crippen molar-refractivity contribution in [1.82, 2.24) is 9.80 Å². The first kappa shape index (κ1) is 21.4. The summed E-state index contributed by atoms with van der Waals surface area (Å²) in [5, 5.41) is 9.59. The molecule has 1 saturated carbocycles. The average molecular weight is 445 g/mol. The molecule has 4 rings (SSSR count). The normalized spacial score (nSPS) is 20.4. The van der Waals surface area contributed by atoms with Gasteiger partial charge in [0.05, 0.1) is 0 Å². The Hall–Kier alpha value is -1.36. The predicted octanol–water partition coefficient (Wildman–Crippen LogP) is 5.20. The third kappa shape index (κ3) is 5.37. The molecule has 2 aromatic carbocycles. The predicted molar refractivity (Wildman–Crippen MR) is 121 cm³/mol. The van der Waals surface area contributed by atoms with Crippen molar-refractivity contribution >= 4 is 17.0 Å². The number of aromatic hydroxyl groups is 1. The first-order valence-corrected chi connectivity index (χ1v) is 10.6. The Bertz CT molecular complexity index is 692. The molecule has 1 unspecified atom stereocenters. The van der Waals surface area contributed by atoms with E-state index in [4.69, 9.17) is 0 Å².